The average molecular weight is 245 g/mol. The van der Waals surface area contributed by atoms with Crippen molar-refractivity contribution in [1.29, 1.82) is 0 Å². The molecule has 18 heavy (non-hydrogen) atoms. The van der Waals surface area contributed by atoms with E-state index in [1.54, 1.807) is 6.20 Å². The van der Waals surface area contributed by atoms with Gasteiger partial charge >= 0.3 is 0 Å². The van der Waals surface area contributed by atoms with Gasteiger partial charge in [0, 0.05) is 25.1 Å². The molecule has 0 saturated carbocycles. The van der Waals surface area contributed by atoms with Crippen molar-refractivity contribution in [2.75, 3.05) is 0 Å². The van der Waals surface area contributed by atoms with Crippen LogP contribution in [0.5, 0.6) is 0 Å². The summed E-state index contributed by atoms with van der Waals surface area (Å²) in [6, 6.07) is 3.89. The third-order valence-electron chi connectivity index (χ3n) is 2.86. The highest BCUT2D eigenvalue weighted by Gasteiger charge is 2.11. The van der Waals surface area contributed by atoms with Crippen molar-refractivity contribution < 1.29 is 0 Å². The van der Waals surface area contributed by atoms with Gasteiger partial charge in [-0.15, -0.1) is 5.10 Å². The Bertz CT molecular complexity index is 530. The summed E-state index contributed by atoms with van der Waals surface area (Å²) in [7, 11) is 0. The molecule has 0 aliphatic heterocycles. The van der Waals surface area contributed by atoms with Crippen molar-refractivity contribution in [2.24, 2.45) is 5.73 Å². The summed E-state index contributed by atoms with van der Waals surface area (Å²) in [5, 5.41) is 4.47. The summed E-state index contributed by atoms with van der Waals surface area (Å²) in [4.78, 5) is 8.83. The van der Waals surface area contributed by atoms with Crippen LogP contribution in [0.3, 0.4) is 0 Å². The molecule has 0 amide bonds. The lowest BCUT2D eigenvalue weighted by atomic mass is 10.1. The molecule has 0 aromatic carbocycles. The first-order chi connectivity index (χ1) is 8.65. The largest absolute Gasteiger partial charge is 0.324 e. The molecule has 1 atom stereocenters. The van der Waals surface area contributed by atoms with E-state index in [0.29, 0.717) is 0 Å². The molecule has 0 spiro atoms. The summed E-state index contributed by atoms with van der Waals surface area (Å²) in [6.07, 6.45) is 3.42. The summed E-state index contributed by atoms with van der Waals surface area (Å²) in [5.41, 5.74) is 6.94. The zero-order valence-corrected chi connectivity index (χ0v) is 11.1. The maximum Gasteiger partial charge on any atom is 0.155 e. The van der Waals surface area contributed by atoms with E-state index >= 15 is 0 Å². The lowest BCUT2D eigenvalue weighted by Gasteiger charge is -2.08. The molecule has 0 fully saturated rings. The third kappa shape index (κ3) is 2.41. The molecule has 0 bridgehead atoms. The molecular weight excluding hydrogens is 226 g/mol. The second-order valence-corrected chi connectivity index (χ2v) is 4.30. The minimum absolute atomic E-state index is 0.00834. The van der Waals surface area contributed by atoms with E-state index in [2.05, 4.69) is 22.0 Å². The van der Waals surface area contributed by atoms with Gasteiger partial charge in [0.25, 0.3) is 0 Å². The topological polar surface area (TPSA) is 69.6 Å². The number of aromatic nitrogens is 4. The fraction of sp³-hybridized carbons (Fsp3) is 0.462. The van der Waals surface area contributed by atoms with Crippen LogP contribution in [0.1, 0.15) is 44.0 Å². The Morgan fingerprint density at radius 3 is 2.72 bits per heavy atom. The zero-order valence-electron chi connectivity index (χ0n) is 11.1. The van der Waals surface area contributed by atoms with Gasteiger partial charge in [0.15, 0.2) is 11.6 Å². The zero-order chi connectivity index (χ0) is 13.1. The third-order valence-corrected chi connectivity index (χ3v) is 2.86. The second-order valence-electron chi connectivity index (χ2n) is 4.30. The smallest absolute Gasteiger partial charge is 0.155 e. The van der Waals surface area contributed by atoms with Crippen LogP contribution in [0, 0.1) is 0 Å². The Morgan fingerprint density at radius 2 is 2.11 bits per heavy atom. The van der Waals surface area contributed by atoms with Crippen LogP contribution in [0.2, 0.25) is 0 Å². The highest BCUT2D eigenvalue weighted by molar-refractivity contribution is 5.29. The maximum absolute atomic E-state index is 5.89. The monoisotopic (exact) mass is 245 g/mol. The first-order valence-corrected chi connectivity index (χ1v) is 6.32. The van der Waals surface area contributed by atoms with Gasteiger partial charge in [-0.3, -0.25) is 0 Å². The molecule has 2 N–H and O–H groups in total. The van der Waals surface area contributed by atoms with E-state index in [9.17, 15) is 0 Å². The van der Waals surface area contributed by atoms with Crippen LogP contribution in [0.4, 0.5) is 0 Å². The molecule has 0 aliphatic carbocycles. The minimum atomic E-state index is -0.00834. The van der Waals surface area contributed by atoms with Crippen molar-refractivity contribution >= 4 is 0 Å². The van der Waals surface area contributed by atoms with Crippen LogP contribution in [0.15, 0.2) is 18.3 Å². The molecule has 2 heterocycles. The number of hydrogen-bond acceptors (Lipinski definition) is 4. The molecule has 0 unspecified atom stereocenters. The first-order valence-electron chi connectivity index (χ1n) is 6.32. The SMILES string of the molecule is CCc1nc(CC)n(-c2cc([C@@H](C)N)ccn2)n1. The molecule has 2 rings (SSSR count). The Labute approximate surface area is 107 Å². The standard InChI is InChI=1S/C13H19N5/c1-4-11-16-12(5-2)18(17-11)13-8-10(9(3)14)6-7-15-13/h6-9H,4-5,14H2,1-3H3/t9-/m1/s1. The van der Waals surface area contributed by atoms with E-state index in [-0.39, 0.29) is 6.04 Å². The lowest BCUT2D eigenvalue weighted by Crippen LogP contribution is -2.09. The molecule has 5 heteroatoms. The van der Waals surface area contributed by atoms with Crippen molar-refractivity contribution in [2.45, 2.75) is 39.7 Å². The molecule has 0 saturated heterocycles. The van der Waals surface area contributed by atoms with Crippen molar-refractivity contribution in [3.8, 4) is 5.82 Å². The number of nitrogens with zero attached hydrogens (tertiary/aromatic N) is 4. The van der Waals surface area contributed by atoms with Crippen molar-refractivity contribution in [3.05, 3.63) is 35.5 Å². The fourth-order valence-corrected chi connectivity index (χ4v) is 1.79. The van der Waals surface area contributed by atoms with Gasteiger partial charge < -0.3 is 5.73 Å². The van der Waals surface area contributed by atoms with Gasteiger partial charge in [-0.05, 0) is 24.6 Å². The predicted molar refractivity (Wildman–Crippen MR) is 70.5 cm³/mol. The predicted octanol–water partition coefficient (Wildman–Crippen LogP) is 1.81. The number of rotatable bonds is 4. The van der Waals surface area contributed by atoms with Crippen LogP contribution in [-0.2, 0) is 12.8 Å². The molecule has 2 aromatic heterocycles. The van der Waals surface area contributed by atoms with Crippen LogP contribution >= 0.6 is 0 Å². The number of nitrogens with two attached hydrogens (primary N) is 1. The summed E-state index contributed by atoms with van der Waals surface area (Å²) in [5.74, 6) is 2.56. The highest BCUT2D eigenvalue weighted by Crippen LogP contribution is 2.14. The molecule has 5 nitrogen and oxygen atoms in total. The lowest BCUT2D eigenvalue weighted by molar-refractivity contribution is 0.756. The van der Waals surface area contributed by atoms with Crippen LogP contribution in [-0.4, -0.2) is 19.7 Å². The molecule has 96 valence electrons. The van der Waals surface area contributed by atoms with E-state index < -0.39 is 0 Å². The summed E-state index contributed by atoms with van der Waals surface area (Å²) < 4.78 is 1.81. The number of aryl methyl sites for hydroxylation is 2. The van der Waals surface area contributed by atoms with Crippen molar-refractivity contribution in [3.63, 3.8) is 0 Å². The van der Waals surface area contributed by atoms with Crippen LogP contribution in [0.25, 0.3) is 5.82 Å². The second kappa shape index (κ2) is 5.27. The van der Waals surface area contributed by atoms with Crippen molar-refractivity contribution in [1.82, 2.24) is 19.7 Å². The Balaban J connectivity index is 2.47. The quantitative estimate of drug-likeness (QED) is 0.891. The molecule has 2 aromatic rings. The fourth-order valence-electron chi connectivity index (χ4n) is 1.79. The van der Waals surface area contributed by atoms with Gasteiger partial charge in [-0.1, -0.05) is 13.8 Å². The highest BCUT2D eigenvalue weighted by atomic mass is 15.4. The Kier molecular flexibility index (Phi) is 3.72. The van der Waals surface area contributed by atoms with Gasteiger partial charge in [-0.2, -0.15) is 4.68 Å². The molecule has 0 radical (unpaired) electrons. The van der Waals surface area contributed by atoms with Crippen LogP contribution < -0.4 is 5.73 Å². The molecular formula is C13H19N5. The Morgan fingerprint density at radius 1 is 1.33 bits per heavy atom. The van der Waals surface area contributed by atoms with Gasteiger partial charge in [-0.25, -0.2) is 9.97 Å². The number of pyridine rings is 1. The van der Waals surface area contributed by atoms with E-state index in [1.165, 1.54) is 0 Å². The normalized spacial score (nSPS) is 12.7. The summed E-state index contributed by atoms with van der Waals surface area (Å²) in [6.45, 7) is 6.07. The van der Waals surface area contributed by atoms with E-state index in [4.69, 9.17) is 5.73 Å². The molecule has 0 aliphatic rings. The minimum Gasteiger partial charge on any atom is -0.324 e. The maximum atomic E-state index is 5.89. The first kappa shape index (κ1) is 12.7. The Hall–Kier alpha value is -1.75. The number of hydrogen-bond donors (Lipinski definition) is 1. The average Bonchev–Trinajstić information content (AvgIpc) is 2.82. The van der Waals surface area contributed by atoms with E-state index in [1.807, 2.05) is 30.7 Å². The van der Waals surface area contributed by atoms with E-state index in [0.717, 1.165) is 35.9 Å². The van der Waals surface area contributed by atoms with Gasteiger partial charge in [0.1, 0.15) is 5.82 Å². The van der Waals surface area contributed by atoms with Gasteiger partial charge in [0.05, 0.1) is 0 Å². The summed E-state index contributed by atoms with van der Waals surface area (Å²) >= 11 is 0. The van der Waals surface area contributed by atoms with Gasteiger partial charge in [0.2, 0.25) is 0 Å².